The maximum absolute atomic E-state index is 12.8. The van der Waals surface area contributed by atoms with Crippen molar-refractivity contribution in [2.45, 2.75) is 425 Å². The standard InChI is InChI=1S/C17H28O2.C16H30O2.C15H22O2.C14H22O2.C14H26O2.C12H22O2.C11H20O2.C9H8F8O2/c1-4-5-6-7-16-8-11-17(12-9-16,13-10-16)19-15(18)14(2)3;1-4-5-6-7-8-9-10-11-12-13-14-18-16(17)15(2)3;1-10(2)14(16)17-9-15-6-11-3-12(7-15)5-13(4-11)8-15;1-9(2)12(15)16-11-8-10-6-7-14(11,5)13(10,3)4;1-10(2)7-8-13(11(3)4)9-16-14(15)12(5)6;1-5-7-8-11(6-2)9-14-12(13)10(3)4;1-4-7-8-10(5-2)9-13-11(12)6-3;1-4(2)5(18)19-3-7(12,13)9(16,17)8(14,15)6(10)11/h2,4-13H2,1,3H3;2,4-14H2,1,3H3;11-13H,1,3-9H2,2H3;10-11H,1,6-8H2,2-5H3;10-11,13H,5,7-9H2,1-4,6H3;11H,3,5-9H2,1-2,4H3;6,10H,3-5,7-9H2,1-2H3;6H,1,3H2,2H3. The van der Waals surface area contributed by atoms with Gasteiger partial charge in [0.1, 0.15) is 11.7 Å². The van der Waals surface area contributed by atoms with Crippen molar-refractivity contribution in [3.8, 4) is 0 Å². The van der Waals surface area contributed by atoms with Gasteiger partial charge in [0.15, 0.2) is 6.61 Å². The summed E-state index contributed by atoms with van der Waals surface area (Å²) >= 11 is 0. The fourth-order valence-corrected chi connectivity index (χ4v) is 18.6. The lowest BCUT2D eigenvalue weighted by Crippen LogP contribution is -2.59. The van der Waals surface area contributed by atoms with Gasteiger partial charge in [-0.1, -0.05) is 265 Å². The predicted molar refractivity (Wildman–Crippen MR) is 514 cm³/mol. The molecule has 9 fully saturated rings. The highest BCUT2D eigenvalue weighted by Gasteiger charge is 2.76. The zero-order valence-corrected chi connectivity index (χ0v) is 85.5. The molecule has 0 N–H and O–H groups in total. The lowest BCUT2D eigenvalue weighted by Gasteiger charge is -2.56. The predicted octanol–water partition coefficient (Wildman–Crippen LogP) is 29.8. The number of rotatable bonds is 50. The van der Waals surface area contributed by atoms with Crippen molar-refractivity contribution >= 4 is 47.8 Å². The number of ether oxygens (including phenoxy) is 8. The Morgan fingerprint density at radius 2 is 0.826 bits per heavy atom. The van der Waals surface area contributed by atoms with Crippen molar-refractivity contribution in [2.75, 3.05) is 39.6 Å². The molecule has 16 nitrogen and oxygen atoms in total. The van der Waals surface area contributed by atoms with Crippen LogP contribution in [0.5, 0.6) is 0 Å². The lowest BCUT2D eigenvalue weighted by molar-refractivity contribution is -0.344. The van der Waals surface area contributed by atoms with Gasteiger partial charge in [0.25, 0.3) is 0 Å². The smallest absolute Gasteiger partial charge is 0.381 e. The molecule has 762 valence electrons. The van der Waals surface area contributed by atoms with Gasteiger partial charge >= 0.3 is 71.9 Å². The van der Waals surface area contributed by atoms with Crippen LogP contribution >= 0.6 is 0 Å². The molecule has 6 atom stereocenters. The van der Waals surface area contributed by atoms with E-state index in [1.165, 1.54) is 192 Å². The molecule has 0 heterocycles. The molecule has 9 saturated carbocycles. The normalized spacial score (nSPS) is 22.5. The van der Waals surface area contributed by atoms with Crippen LogP contribution in [0.25, 0.3) is 0 Å². The van der Waals surface area contributed by atoms with Crippen LogP contribution in [0, 0.1) is 74.9 Å². The van der Waals surface area contributed by atoms with E-state index in [0.29, 0.717) is 118 Å². The molecule has 24 heteroatoms. The first-order valence-corrected chi connectivity index (χ1v) is 49.6. The van der Waals surface area contributed by atoms with Crippen LogP contribution in [0.2, 0.25) is 0 Å². The second-order valence-corrected chi connectivity index (χ2v) is 40.9. The third-order valence-electron chi connectivity index (χ3n) is 27.9. The summed E-state index contributed by atoms with van der Waals surface area (Å²) < 4.78 is 140. The highest BCUT2D eigenvalue weighted by Crippen LogP contribution is 2.67. The van der Waals surface area contributed by atoms with Crippen LogP contribution in [0.15, 0.2) is 97.7 Å². The number of carbonyl (C=O) groups is 8. The second-order valence-electron chi connectivity index (χ2n) is 40.9. The molecule has 9 aliphatic carbocycles. The third kappa shape index (κ3) is 44.9. The van der Waals surface area contributed by atoms with E-state index in [4.69, 9.17) is 33.2 Å². The summed E-state index contributed by atoms with van der Waals surface area (Å²) in [5.41, 5.74) is 3.76. The Hall–Kier alpha value is -6.88. The number of esters is 8. The molecular weight excluding hydrogens is 1710 g/mol. The summed E-state index contributed by atoms with van der Waals surface area (Å²) in [6.45, 7) is 68.3. The number of hydrogen-bond acceptors (Lipinski definition) is 16. The Balaban J connectivity index is 0.00000149. The minimum atomic E-state index is -6.39. The molecule has 0 aromatic carbocycles. The zero-order valence-electron chi connectivity index (χ0n) is 85.5. The van der Waals surface area contributed by atoms with Gasteiger partial charge < -0.3 is 37.9 Å². The monoisotopic (exact) mass is 1880 g/mol. The van der Waals surface area contributed by atoms with E-state index in [2.05, 4.69) is 147 Å². The molecule has 0 aliphatic heterocycles. The van der Waals surface area contributed by atoms with Gasteiger partial charge in [-0.05, 0) is 241 Å². The Morgan fingerprint density at radius 3 is 1.20 bits per heavy atom. The van der Waals surface area contributed by atoms with Crippen LogP contribution in [0.4, 0.5) is 35.1 Å². The first kappa shape index (κ1) is 125. The minimum absolute atomic E-state index is 0.0884. The van der Waals surface area contributed by atoms with Gasteiger partial charge in [0, 0.05) is 55.9 Å². The Labute approximate surface area is 792 Å². The van der Waals surface area contributed by atoms with Crippen LogP contribution < -0.4 is 0 Å². The van der Waals surface area contributed by atoms with E-state index in [1.54, 1.807) is 41.5 Å². The quantitative estimate of drug-likeness (QED) is 0.0182. The number of hydrogen-bond donors (Lipinski definition) is 0. The summed E-state index contributed by atoms with van der Waals surface area (Å²) in [6.07, 6.45) is 44.9. The van der Waals surface area contributed by atoms with E-state index in [0.717, 1.165) is 88.9 Å². The highest BCUT2D eigenvalue weighted by molar-refractivity contribution is 5.89. The van der Waals surface area contributed by atoms with Crippen molar-refractivity contribution in [2.24, 2.45) is 74.9 Å². The van der Waals surface area contributed by atoms with Crippen LogP contribution in [-0.2, 0) is 76.3 Å². The Kier molecular flexibility index (Phi) is 59.5. The van der Waals surface area contributed by atoms with Gasteiger partial charge in [0.2, 0.25) is 0 Å². The summed E-state index contributed by atoms with van der Waals surface area (Å²) in [5.74, 6) is -15.4. The first-order chi connectivity index (χ1) is 61.5. The summed E-state index contributed by atoms with van der Waals surface area (Å²) in [7, 11) is 0. The van der Waals surface area contributed by atoms with Gasteiger partial charge in [0.05, 0.1) is 33.0 Å². The van der Waals surface area contributed by atoms with Gasteiger partial charge in [-0.3, -0.25) is 0 Å². The highest BCUT2D eigenvalue weighted by atomic mass is 19.4. The number of alkyl halides is 8. The van der Waals surface area contributed by atoms with Crippen LogP contribution in [0.3, 0.4) is 0 Å². The molecule has 8 bridgehead atoms. The molecule has 9 rings (SSSR count). The lowest BCUT2D eigenvalue weighted by atomic mass is 9.50. The summed E-state index contributed by atoms with van der Waals surface area (Å²) in [4.78, 5) is 89.8. The Morgan fingerprint density at radius 1 is 0.432 bits per heavy atom. The SMILES string of the molecule is C=C(C)C(=O)OC12CCC(CCCCC)(CC1)CC2.C=C(C)C(=O)OC1CC2CCC1(C)C2(C)C.C=C(C)C(=O)OCC(CC)CCCC.C=C(C)C(=O)OCC(CCC(C)C)C(C)C.C=C(C)C(=O)OCC(F)(F)C(F)(F)C(F)(F)C(F)F.C=C(C)C(=O)OCC12CC3CC(CC(C3)C1)C2.C=C(C)C(=O)OCCCCCCCCCCCC.C=CC(=O)OCC(CC)CCCC. The molecule has 0 aromatic rings. The van der Waals surface area contributed by atoms with Gasteiger partial charge in [-0.25, -0.2) is 47.1 Å². The third-order valence-corrected chi connectivity index (χ3v) is 27.9. The maximum atomic E-state index is 12.8. The fraction of sp³-hybridized carbons (Fsp3) is 0.778. The summed E-state index contributed by atoms with van der Waals surface area (Å²) in [6, 6.07) is 0. The molecule has 9 aliphatic rings. The van der Waals surface area contributed by atoms with Crippen molar-refractivity contribution in [1.82, 2.24) is 0 Å². The zero-order chi connectivity index (χ0) is 101. The molecule has 0 amide bonds. The summed E-state index contributed by atoms with van der Waals surface area (Å²) in [5, 5.41) is 0. The maximum Gasteiger partial charge on any atom is 0.381 e. The number of fused-ring (bicyclic) bond motifs is 5. The Bertz CT molecular complexity index is 3510. The van der Waals surface area contributed by atoms with E-state index in [-0.39, 0.29) is 58.9 Å². The van der Waals surface area contributed by atoms with Crippen molar-refractivity contribution in [3.63, 3.8) is 0 Å². The number of unbranched alkanes of at least 4 members (excludes halogenated alkanes) is 13. The average molecular weight is 1880 g/mol. The van der Waals surface area contributed by atoms with E-state index in [9.17, 15) is 73.5 Å². The van der Waals surface area contributed by atoms with Crippen molar-refractivity contribution in [3.05, 3.63) is 97.7 Å². The molecule has 0 spiro atoms. The number of carbonyl (C=O) groups excluding carboxylic acids is 8. The van der Waals surface area contributed by atoms with Crippen LogP contribution in [0.1, 0.15) is 389 Å². The van der Waals surface area contributed by atoms with Gasteiger partial charge in [-0.15, -0.1) is 0 Å². The van der Waals surface area contributed by atoms with E-state index in [1.807, 2.05) is 0 Å². The van der Waals surface area contributed by atoms with E-state index >= 15 is 0 Å². The average Bonchev–Trinajstić information content (AvgIpc) is 1.55. The first-order valence-electron chi connectivity index (χ1n) is 49.6. The molecule has 0 radical (unpaired) electrons. The largest absolute Gasteiger partial charge is 0.462 e. The van der Waals surface area contributed by atoms with Crippen LogP contribution in [-0.4, -0.2) is 123 Å². The number of halogens is 8. The molecule has 0 saturated heterocycles. The molecule has 6 unspecified atom stereocenters. The van der Waals surface area contributed by atoms with E-state index < -0.39 is 42.3 Å². The fourth-order valence-electron chi connectivity index (χ4n) is 18.6. The molecule has 132 heavy (non-hydrogen) atoms. The molecule has 0 aromatic heterocycles. The van der Waals surface area contributed by atoms with Gasteiger partial charge in [-0.2, -0.15) is 26.3 Å². The second kappa shape index (κ2) is 62.8. The van der Waals surface area contributed by atoms with Crippen molar-refractivity contribution < 1.29 is 111 Å². The molecular formula is C108H178F8O16. The topological polar surface area (TPSA) is 210 Å². The minimum Gasteiger partial charge on any atom is -0.462 e. The van der Waals surface area contributed by atoms with Crippen molar-refractivity contribution in [1.29, 1.82) is 0 Å².